The van der Waals surface area contributed by atoms with Crippen LogP contribution in [0.3, 0.4) is 0 Å². The Labute approximate surface area is 192 Å². The van der Waals surface area contributed by atoms with Crippen molar-refractivity contribution in [1.29, 1.82) is 0 Å². The van der Waals surface area contributed by atoms with Gasteiger partial charge in [0.1, 0.15) is 5.75 Å². The molecule has 3 aromatic rings. The van der Waals surface area contributed by atoms with Gasteiger partial charge in [0.2, 0.25) is 5.91 Å². The van der Waals surface area contributed by atoms with Crippen molar-refractivity contribution in [2.75, 3.05) is 13.0 Å². The quantitative estimate of drug-likeness (QED) is 0.370. The highest BCUT2D eigenvalue weighted by molar-refractivity contribution is 7.98. The van der Waals surface area contributed by atoms with Crippen LogP contribution >= 0.6 is 23.4 Å². The summed E-state index contributed by atoms with van der Waals surface area (Å²) in [5.74, 6) is 2.32. The Morgan fingerprint density at radius 3 is 2.61 bits per heavy atom. The van der Waals surface area contributed by atoms with Crippen LogP contribution < -0.4 is 10.1 Å². The number of methoxy groups -OCH3 is 1. The molecule has 31 heavy (non-hydrogen) atoms. The predicted molar refractivity (Wildman–Crippen MR) is 125 cm³/mol. The van der Waals surface area contributed by atoms with Gasteiger partial charge in [-0.25, -0.2) is 0 Å². The fourth-order valence-corrected chi connectivity index (χ4v) is 3.87. The summed E-state index contributed by atoms with van der Waals surface area (Å²) in [6.45, 7) is 5.94. The van der Waals surface area contributed by atoms with E-state index in [4.69, 9.17) is 16.3 Å². The molecule has 1 heterocycles. The van der Waals surface area contributed by atoms with Crippen LogP contribution in [0.2, 0.25) is 0 Å². The first-order valence-electron chi connectivity index (χ1n) is 9.95. The Hall–Kier alpha value is -2.51. The van der Waals surface area contributed by atoms with Crippen LogP contribution in [0.15, 0.2) is 53.7 Å². The van der Waals surface area contributed by atoms with Gasteiger partial charge >= 0.3 is 0 Å². The fraction of sp³-hybridized carbons (Fsp3) is 0.348. The number of nitrogens with one attached hydrogen (secondary N) is 1. The molecular weight excluding hydrogens is 432 g/mol. The van der Waals surface area contributed by atoms with Crippen molar-refractivity contribution < 1.29 is 9.53 Å². The van der Waals surface area contributed by atoms with E-state index in [-0.39, 0.29) is 18.3 Å². The minimum Gasteiger partial charge on any atom is -0.497 e. The molecule has 1 amide bonds. The maximum atomic E-state index is 12.5. The number of rotatable bonds is 9. The molecule has 0 radical (unpaired) electrons. The number of halogens is 1. The molecule has 1 aromatic heterocycles. The zero-order chi connectivity index (χ0) is 22.4. The van der Waals surface area contributed by atoms with Crippen LogP contribution in [0.25, 0.3) is 5.69 Å². The van der Waals surface area contributed by atoms with Crippen molar-refractivity contribution in [3.05, 3.63) is 65.5 Å². The van der Waals surface area contributed by atoms with Gasteiger partial charge in [0.15, 0.2) is 11.0 Å². The number of hydrogen-bond donors (Lipinski definition) is 1. The number of hydrogen-bond acceptors (Lipinski definition) is 5. The average Bonchev–Trinajstić information content (AvgIpc) is 3.19. The number of thioether (sulfide) groups is 1. The standard InChI is InChI=1S/C23H27ClN4O2S/c1-16-8-10-18(11-9-16)28-20(13-25-21(29)23(2,3)15-24)26-27-22(28)31-14-17-6-5-7-19(12-17)30-4/h5-12H,13-15H2,1-4H3,(H,25,29). The molecule has 0 saturated heterocycles. The lowest BCUT2D eigenvalue weighted by atomic mass is 9.95. The molecule has 0 fully saturated rings. The SMILES string of the molecule is COc1cccc(CSc2nnc(CNC(=O)C(C)(C)CCl)n2-c2ccc(C)cc2)c1. The monoisotopic (exact) mass is 458 g/mol. The summed E-state index contributed by atoms with van der Waals surface area (Å²) in [5.41, 5.74) is 2.59. The molecule has 6 nitrogen and oxygen atoms in total. The van der Waals surface area contributed by atoms with Crippen molar-refractivity contribution >= 4 is 29.3 Å². The molecule has 0 bridgehead atoms. The Morgan fingerprint density at radius 1 is 1.19 bits per heavy atom. The molecule has 0 aliphatic heterocycles. The van der Waals surface area contributed by atoms with Crippen LogP contribution in [-0.4, -0.2) is 33.7 Å². The van der Waals surface area contributed by atoms with Crippen molar-refractivity contribution in [1.82, 2.24) is 20.1 Å². The molecule has 0 aliphatic rings. The molecule has 0 atom stereocenters. The zero-order valence-electron chi connectivity index (χ0n) is 18.2. The van der Waals surface area contributed by atoms with E-state index in [0.29, 0.717) is 11.6 Å². The number of nitrogens with zero attached hydrogens (tertiary/aromatic N) is 3. The number of aromatic nitrogens is 3. The van der Waals surface area contributed by atoms with Crippen LogP contribution in [0.1, 0.15) is 30.8 Å². The first-order chi connectivity index (χ1) is 14.8. The Morgan fingerprint density at radius 2 is 1.94 bits per heavy atom. The Balaban J connectivity index is 1.85. The molecule has 0 unspecified atom stereocenters. The minimum atomic E-state index is -0.653. The second-order valence-corrected chi connectivity index (χ2v) is 9.12. The number of carbonyl (C=O) groups excluding carboxylic acids is 1. The van der Waals surface area contributed by atoms with Crippen LogP contribution in [0.4, 0.5) is 0 Å². The number of ether oxygens (including phenoxy) is 1. The van der Waals surface area contributed by atoms with Gasteiger partial charge in [-0.3, -0.25) is 9.36 Å². The lowest BCUT2D eigenvalue weighted by Gasteiger charge is -2.20. The van der Waals surface area contributed by atoms with Crippen LogP contribution in [0.5, 0.6) is 5.75 Å². The molecule has 1 N–H and O–H groups in total. The third kappa shape index (κ3) is 5.80. The third-order valence-corrected chi connectivity index (χ3v) is 6.52. The average molecular weight is 459 g/mol. The van der Waals surface area contributed by atoms with Gasteiger partial charge < -0.3 is 10.1 Å². The van der Waals surface area contributed by atoms with Crippen molar-refractivity contribution in [3.63, 3.8) is 0 Å². The number of aryl methyl sites for hydroxylation is 1. The normalized spacial score (nSPS) is 11.4. The molecule has 2 aromatic carbocycles. The lowest BCUT2D eigenvalue weighted by Crippen LogP contribution is -2.38. The molecular formula is C23H27ClN4O2S. The van der Waals surface area contributed by atoms with E-state index >= 15 is 0 Å². The van der Waals surface area contributed by atoms with Crippen molar-refractivity contribution in [2.45, 2.75) is 38.2 Å². The van der Waals surface area contributed by atoms with Gasteiger partial charge in [-0.2, -0.15) is 0 Å². The second-order valence-electron chi connectivity index (χ2n) is 7.91. The van der Waals surface area contributed by atoms with Gasteiger partial charge in [0.25, 0.3) is 0 Å². The third-order valence-electron chi connectivity index (χ3n) is 4.85. The van der Waals surface area contributed by atoms with Gasteiger partial charge in [0, 0.05) is 17.3 Å². The minimum absolute atomic E-state index is 0.119. The highest BCUT2D eigenvalue weighted by Crippen LogP contribution is 2.27. The first-order valence-corrected chi connectivity index (χ1v) is 11.5. The van der Waals surface area contributed by atoms with E-state index in [0.717, 1.165) is 22.2 Å². The molecule has 0 saturated carbocycles. The molecule has 0 aliphatic carbocycles. The van der Waals surface area contributed by atoms with Gasteiger partial charge in [-0.05, 0) is 50.6 Å². The summed E-state index contributed by atoms with van der Waals surface area (Å²) < 4.78 is 7.30. The second kappa shape index (κ2) is 10.2. The summed E-state index contributed by atoms with van der Waals surface area (Å²) in [5, 5.41) is 12.5. The van der Waals surface area contributed by atoms with Crippen LogP contribution in [-0.2, 0) is 17.1 Å². The maximum Gasteiger partial charge on any atom is 0.227 e. The topological polar surface area (TPSA) is 69.0 Å². The van der Waals surface area contributed by atoms with Gasteiger partial charge in [0.05, 0.1) is 19.1 Å². The summed E-state index contributed by atoms with van der Waals surface area (Å²) >= 11 is 7.51. The van der Waals surface area contributed by atoms with Crippen LogP contribution in [0, 0.1) is 12.3 Å². The molecule has 8 heteroatoms. The van der Waals surface area contributed by atoms with Crippen molar-refractivity contribution in [2.24, 2.45) is 5.41 Å². The molecule has 164 valence electrons. The highest BCUT2D eigenvalue weighted by Gasteiger charge is 2.27. The summed E-state index contributed by atoms with van der Waals surface area (Å²) in [4.78, 5) is 12.5. The fourth-order valence-electron chi connectivity index (χ4n) is 2.83. The van der Waals surface area contributed by atoms with Gasteiger partial charge in [-0.1, -0.05) is 41.6 Å². The van der Waals surface area contributed by atoms with E-state index in [2.05, 4.69) is 21.6 Å². The molecule has 3 rings (SSSR count). The van der Waals surface area contributed by atoms with Crippen molar-refractivity contribution in [3.8, 4) is 11.4 Å². The maximum absolute atomic E-state index is 12.5. The summed E-state index contributed by atoms with van der Waals surface area (Å²) in [7, 11) is 1.66. The van der Waals surface area contributed by atoms with E-state index < -0.39 is 5.41 Å². The zero-order valence-corrected chi connectivity index (χ0v) is 19.8. The summed E-state index contributed by atoms with van der Waals surface area (Å²) in [6, 6.07) is 16.1. The largest absolute Gasteiger partial charge is 0.497 e. The van der Waals surface area contributed by atoms with E-state index in [1.165, 1.54) is 5.56 Å². The highest BCUT2D eigenvalue weighted by atomic mass is 35.5. The number of benzene rings is 2. The molecule has 0 spiro atoms. The number of carbonyl (C=O) groups is 1. The van der Waals surface area contributed by atoms with E-state index in [9.17, 15) is 4.79 Å². The Kier molecular flexibility index (Phi) is 7.62. The Bertz CT molecular complexity index is 1030. The first kappa shape index (κ1) is 23.2. The lowest BCUT2D eigenvalue weighted by molar-refractivity contribution is -0.128. The number of amides is 1. The number of alkyl halides is 1. The van der Waals surface area contributed by atoms with Gasteiger partial charge in [-0.15, -0.1) is 21.8 Å². The predicted octanol–water partition coefficient (Wildman–Crippen LogP) is 4.76. The smallest absolute Gasteiger partial charge is 0.227 e. The summed E-state index contributed by atoms with van der Waals surface area (Å²) in [6.07, 6.45) is 0. The van der Waals surface area contributed by atoms with E-state index in [1.54, 1.807) is 18.9 Å². The van der Waals surface area contributed by atoms with E-state index in [1.807, 2.05) is 67.8 Å².